The molecule has 2 fully saturated rings. The average molecular weight is 397 g/mol. The predicted molar refractivity (Wildman–Crippen MR) is 115 cm³/mol. The molecule has 0 N–H and O–H groups in total. The van der Waals surface area contributed by atoms with Gasteiger partial charge in [0, 0.05) is 32.3 Å². The lowest BCUT2D eigenvalue weighted by atomic mass is 10.1. The molecule has 0 amide bonds. The summed E-state index contributed by atoms with van der Waals surface area (Å²) < 4.78 is 11.6. The van der Waals surface area contributed by atoms with Gasteiger partial charge in [0.1, 0.15) is 11.6 Å². The second-order valence-electron chi connectivity index (χ2n) is 7.94. The zero-order valence-corrected chi connectivity index (χ0v) is 17.5. The van der Waals surface area contributed by atoms with Gasteiger partial charge in [0.2, 0.25) is 0 Å². The topological polar surface area (TPSA) is 50.7 Å². The van der Waals surface area contributed by atoms with Crippen LogP contribution in [0.3, 0.4) is 0 Å². The van der Waals surface area contributed by atoms with Crippen LogP contribution >= 0.6 is 0 Å². The normalized spacial score (nSPS) is 17.1. The summed E-state index contributed by atoms with van der Waals surface area (Å²) >= 11 is 0. The molecule has 156 valence electrons. The number of anilines is 1. The quantitative estimate of drug-likeness (QED) is 0.604. The molecule has 29 heavy (non-hydrogen) atoms. The molecule has 0 spiro atoms. The zero-order valence-electron chi connectivity index (χ0n) is 17.5. The molecule has 0 bridgehead atoms. The molecule has 2 aliphatic rings. The monoisotopic (exact) mass is 396 g/mol. The van der Waals surface area contributed by atoms with Crippen LogP contribution in [0.25, 0.3) is 0 Å². The summed E-state index contributed by atoms with van der Waals surface area (Å²) in [5.41, 5.74) is 1.14. The van der Waals surface area contributed by atoms with Gasteiger partial charge in [-0.1, -0.05) is 6.07 Å². The number of aromatic nitrogens is 2. The molecule has 0 aliphatic carbocycles. The zero-order chi connectivity index (χ0) is 19.9. The molecule has 1 aromatic heterocycles. The van der Waals surface area contributed by atoms with Crippen LogP contribution in [0.15, 0.2) is 30.5 Å². The van der Waals surface area contributed by atoms with Crippen molar-refractivity contribution >= 4 is 5.82 Å². The second kappa shape index (κ2) is 9.92. The summed E-state index contributed by atoms with van der Waals surface area (Å²) in [4.78, 5) is 14.1. The molecule has 0 unspecified atom stereocenters. The Balaban J connectivity index is 1.37. The fourth-order valence-electron chi connectivity index (χ4n) is 4.20. The van der Waals surface area contributed by atoms with E-state index < -0.39 is 0 Å². The number of ether oxygens (including phenoxy) is 2. The Morgan fingerprint density at radius 2 is 1.76 bits per heavy atom. The fraction of sp³-hybridized carbons (Fsp3) is 0.565. The Bertz CT molecular complexity index is 786. The first kappa shape index (κ1) is 20.0. The summed E-state index contributed by atoms with van der Waals surface area (Å²) in [7, 11) is 1.69. The van der Waals surface area contributed by atoms with E-state index >= 15 is 0 Å². The highest BCUT2D eigenvalue weighted by atomic mass is 16.5. The van der Waals surface area contributed by atoms with Crippen molar-refractivity contribution in [3.8, 4) is 11.5 Å². The summed E-state index contributed by atoms with van der Waals surface area (Å²) in [6.45, 7) is 6.46. The number of nitrogens with zero attached hydrogens (tertiary/aromatic N) is 4. The van der Waals surface area contributed by atoms with E-state index in [9.17, 15) is 0 Å². The minimum absolute atomic E-state index is 0.690. The van der Waals surface area contributed by atoms with Gasteiger partial charge in [0.25, 0.3) is 0 Å². The Hall–Kier alpha value is -2.34. The molecule has 0 saturated carbocycles. The van der Waals surface area contributed by atoms with Crippen LogP contribution in [-0.4, -0.2) is 61.3 Å². The SMILES string of the molecule is COc1ccc(Cc2nccc(N3CCCC3)n2)cc1OCCCN1CCCC1. The van der Waals surface area contributed by atoms with Gasteiger partial charge in [-0.05, 0) is 69.0 Å². The molecular weight excluding hydrogens is 364 g/mol. The van der Waals surface area contributed by atoms with Crippen LogP contribution < -0.4 is 14.4 Å². The molecule has 2 aliphatic heterocycles. The van der Waals surface area contributed by atoms with E-state index in [0.29, 0.717) is 13.0 Å². The third kappa shape index (κ3) is 5.38. The Morgan fingerprint density at radius 1 is 0.966 bits per heavy atom. The number of benzene rings is 1. The molecule has 6 nitrogen and oxygen atoms in total. The van der Waals surface area contributed by atoms with E-state index in [1.54, 1.807) is 7.11 Å². The second-order valence-corrected chi connectivity index (χ2v) is 7.94. The lowest BCUT2D eigenvalue weighted by molar-refractivity contribution is 0.254. The first-order valence-electron chi connectivity index (χ1n) is 10.9. The van der Waals surface area contributed by atoms with Gasteiger partial charge >= 0.3 is 0 Å². The van der Waals surface area contributed by atoms with E-state index in [2.05, 4.69) is 26.9 Å². The summed E-state index contributed by atoms with van der Waals surface area (Å²) in [5, 5.41) is 0. The molecule has 1 aromatic carbocycles. The third-order valence-corrected chi connectivity index (χ3v) is 5.79. The fourth-order valence-corrected chi connectivity index (χ4v) is 4.20. The van der Waals surface area contributed by atoms with Crippen LogP contribution in [0.1, 0.15) is 43.5 Å². The van der Waals surface area contributed by atoms with Crippen LogP contribution in [-0.2, 0) is 6.42 Å². The van der Waals surface area contributed by atoms with E-state index in [1.807, 2.05) is 18.3 Å². The van der Waals surface area contributed by atoms with Crippen molar-refractivity contribution in [2.75, 3.05) is 51.3 Å². The summed E-state index contributed by atoms with van der Waals surface area (Å²) in [6.07, 6.45) is 8.75. The van der Waals surface area contributed by atoms with Gasteiger partial charge < -0.3 is 19.3 Å². The van der Waals surface area contributed by atoms with Crippen molar-refractivity contribution in [2.45, 2.75) is 38.5 Å². The Labute approximate surface area is 173 Å². The van der Waals surface area contributed by atoms with E-state index in [-0.39, 0.29) is 0 Å². The van der Waals surface area contributed by atoms with Crippen LogP contribution in [0.5, 0.6) is 11.5 Å². The Kier molecular flexibility index (Phi) is 6.83. The maximum absolute atomic E-state index is 6.07. The van der Waals surface area contributed by atoms with Gasteiger partial charge in [-0.2, -0.15) is 0 Å². The van der Waals surface area contributed by atoms with E-state index in [0.717, 1.165) is 54.8 Å². The smallest absolute Gasteiger partial charge is 0.161 e. The number of hydrogen-bond acceptors (Lipinski definition) is 6. The van der Waals surface area contributed by atoms with Crippen molar-refractivity contribution < 1.29 is 9.47 Å². The lowest BCUT2D eigenvalue weighted by Gasteiger charge is -2.17. The maximum Gasteiger partial charge on any atom is 0.161 e. The standard InChI is InChI=1S/C23H32N4O2/c1-28-20-8-7-19(17-21(20)29-16-6-13-26-11-2-3-12-26)18-22-24-10-9-23(25-22)27-14-4-5-15-27/h7-10,17H,2-6,11-16,18H2,1H3. The van der Waals surface area contributed by atoms with Crippen molar-refractivity contribution in [1.82, 2.24) is 14.9 Å². The van der Waals surface area contributed by atoms with Crippen LogP contribution in [0.4, 0.5) is 5.82 Å². The van der Waals surface area contributed by atoms with Crippen molar-refractivity contribution in [3.63, 3.8) is 0 Å². The maximum atomic E-state index is 6.07. The van der Waals surface area contributed by atoms with Gasteiger partial charge in [-0.3, -0.25) is 0 Å². The number of hydrogen-bond donors (Lipinski definition) is 0. The highest BCUT2D eigenvalue weighted by Gasteiger charge is 2.15. The molecule has 2 aromatic rings. The highest BCUT2D eigenvalue weighted by molar-refractivity contribution is 5.44. The van der Waals surface area contributed by atoms with Gasteiger partial charge in [0.05, 0.1) is 13.7 Å². The minimum Gasteiger partial charge on any atom is -0.493 e. The van der Waals surface area contributed by atoms with Crippen molar-refractivity contribution in [3.05, 3.63) is 41.9 Å². The number of methoxy groups -OCH3 is 1. The van der Waals surface area contributed by atoms with Crippen LogP contribution in [0, 0.1) is 0 Å². The predicted octanol–water partition coefficient (Wildman–Crippen LogP) is 3.54. The lowest BCUT2D eigenvalue weighted by Crippen LogP contribution is -2.22. The summed E-state index contributed by atoms with van der Waals surface area (Å²) in [6, 6.07) is 8.13. The molecule has 6 heteroatoms. The molecule has 0 atom stereocenters. The number of likely N-dealkylation sites (tertiary alicyclic amines) is 1. The number of rotatable bonds is 9. The Morgan fingerprint density at radius 3 is 2.55 bits per heavy atom. The summed E-state index contributed by atoms with van der Waals surface area (Å²) in [5.74, 6) is 3.47. The molecular formula is C23H32N4O2. The highest BCUT2D eigenvalue weighted by Crippen LogP contribution is 2.29. The molecule has 0 radical (unpaired) electrons. The van der Waals surface area contributed by atoms with Crippen molar-refractivity contribution in [1.29, 1.82) is 0 Å². The van der Waals surface area contributed by atoms with Crippen molar-refractivity contribution in [2.24, 2.45) is 0 Å². The van der Waals surface area contributed by atoms with E-state index in [4.69, 9.17) is 14.5 Å². The first-order valence-corrected chi connectivity index (χ1v) is 10.9. The van der Waals surface area contributed by atoms with Gasteiger partial charge in [-0.15, -0.1) is 0 Å². The minimum atomic E-state index is 0.690. The first-order chi connectivity index (χ1) is 14.3. The van der Waals surface area contributed by atoms with E-state index in [1.165, 1.54) is 38.8 Å². The molecule has 3 heterocycles. The average Bonchev–Trinajstić information content (AvgIpc) is 3.46. The molecule has 4 rings (SSSR count). The van der Waals surface area contributed by atoms with Crippen LogP contribution in [0.2, 0.25) is 0 Å². The van der Waals surface area contributed by atoms with Gasteiger partial charge in [0.15, 0.2) is 11.5 Å². The third-order valence-electron chi connectivity index (χ3n) is 5.79. The largest absolute Gasteiger partial charge is 0.493 e. The van der Waals surface area contributed by atoms with Gasteiger partial charge in [-0.25, -0.2) is 9.97 Å². The molecule has 2 saturated heterocycles.